The van der Waals surface area contributed by atoms with Crippen molar-refractivity contribution in [1.29, 1.82) is 0 Å². The second-order valence-electron chi connectivity index (χ2n) is 4.78. The summed E-state index contributed by atoms with van der Waals surface area (Å²) in [5, 5.41) is 2.66. The second kappa shape index (κ2) is 9.91. The summed E-state index contributed by atoms with van der Waals surface area (Å²) in [5.41, 5.74) is 0.474. The second-order valence-corrected chi connectivity index (χ2v) is 4.78. The molecular formula is C16H22FNO3. The molecule has 1 aromatic carbocycles. The fourth-order valence-electron chi connectivity index (χ4n) is 1.93. The lowest BCUT2D eigenvalue weighted by Crippen LogP contribution is -2.11. The van der Waals surface area contributed by atoms with Gasteiger partial charge in [-0.15, -0.1) is 0 Å². The molecular weight excluding hydrogens is 273 g/mol. The number of carbonyl (C=O) groups excluding carboxylic acids is 2. The van der Waals surface area contributed by atoms with Gasteiger partial charge in [-0.1, -0.05) is 18.9 Å². The predicted octanol–water partition coefficient (Wildman–Crippen LogP) is 3.67. The number of amides is 1. The van der Waals surface area contributed by atoms with Crippen molar-refractivity contribution >= 4 is 17.6 Å². The van der Waals surface area contributed by atoms with E-state index >= 15 is 0 Å². The molecule has 0 aliphatic rings. The summed E-state index contributed by atoms with van der Waals surface area (Å²) in [6, 6.07) is 5.83. The number of nitrogens with one attached hydrogen (secondary N) is 1. The van der Waals surface area contributed by atoms with Crippen molar-refractivity contribution in [2.45, 2.75) is 45.4 Å². The summed E-state index contributed by atoms with van der Waals surface area (Å²) in [5.74, 6) is -0.654. The highest BCUT2D eigenvalue weighted by Crippen LogP contribution is 2.11. The highest BCUT2D eigenvalue weighted by atomic mass is 19.1. The predicted molar refractivity (Wildman–Crippen MR) is 79.4 cm³/mol. The molecule has 1 rings (SSSR count). The Morgan fingerprint density at radius 3 is 2.52 bits per heavy atom. The third kappa shape index (κ3) is 8.07. The third-order valence-electron chi connectivity index (χ3n) is 2.95. The molecule has 0 aromatic heterocycles. The number of rotatable bonds is 9. The maximum atomic E-state index is 12.9. The van der Waals surface area contributed by atoms with Crippen molar-refractivity contribution in [2.75, 3.05) is 11.9 Å². The Bertz CT molecular complexity index is 463. The van der Waals surface area contributed by atoms with Crippen LogP contribution in [0.25, 0.3) is 0 Å². The van der Waals surface area contributed by atoms with Crippen molar-refractivity contribution in [2.24, 2.45) is 0 Å². The molecule has 0 atom stereocenters. The third-order valence-corrected chi connectivity index (χ3v) is 2.95. The van der Waals surface area contributed by atoms with Gasteiger partial charge in [-0.25, -0.2) is 4.39 Å². The van der Waals surface area contributed by atoms with E-state index in [1.54, 1.807) is 19.1 Å². The van der Waals surface area contributed by atoms with Crippen LogP contribution in [0, 0.1) is 5.82 Å². The molecule has 0 bridgehead atoms. The standard InChI is InChI=1S/C16H22FNO3/c1-2-21-16(20)11-6-4-3-5-10-15(19)18-14-9-7-8-13(17)12-14/h7-9,12H,2-6,10-11H2,1H3,(H,18,19). The largest absolute Gasteiger partial charge is 0.466 e. The van der Waals surface area contributed by atoms with Gasteiger partial charge in [-0.2, -0.15) is 0 Å². The first kappa shape index (κ1) is 17.1. The van der Waals surface area contributed by atoms with E-state index in [0.29, 0.717) is 25.1 Å². The topological polar surface area (TPSA) is 55.4 Å². The average molecular weight is 295 g/mol. The Morgan fingerprint density at radius 2 is 1.86 bits per heavy atom. The van der Waals surface area contributed by atoms with E-state index in [1.807, 2.05) is 0 Å². The number of hydrogen-bond acceptors (Lipinski definition) is 3. The summed E-state index contributed by atoms with van der Waals surface area (Å²) in [6.45, 7) is 2.20. The van der Waals surface area contributed by atoms with E-state index in [9.17, 15) is 14.0 Å². The van der Waals surface area contributed by atoms with Gasteiger partial charge in [0.1, 0.15) is 5.82 Å². The number of anilines is 1. The fourth-order valence-corrected chi connectivity index (χ4v) is 1.93. The number of carbonyl (C=O) groups is 2. The molecule has 0 spiro atoms. The summed E-state index contributed by atoms with van der Waals surface area (Å²) in [6.07, 6.45) is 4.15. The van der Waals surface area contributed by atoms with E-state index in [4.69, 9.17) is 4.74 Å². The molecule has 0 heterocycles. The van der Waals surface area contributed by atoms with Gasteiger partial charge in [-0.3, -0.25) is 9.59 Å². The van der Waals surface area contributed by atoms with Crippen molar-refractivity contribution in [3.05, 3.63) is 30.1 Å². The summed E-state index contributed by atoms with van der Waals surface area (Å²) in [4.78, 5) is 22.7. The minimum Gasteiger partial charge on any atom is -0.466 e. The van der Waals surface area contributed by atoms with Crippen LogP contribution in [0.2, 0.25) is 0 Å². The molecule has 0 saturated carbocycles. The summed E-state index contributed by atoms with van der Waals surface area (Å²) >= 11 is 0. The highest BCUT2D eigenvalue weighted by molar-refractivity contribution is 5.90. The fraction of sp³-hybridized carbons (Fsp3) is 0.500. The molecule has 116 valence electrons. The molecule has 0 radical (unpaired) electrons. The first-order valence-corrected chi connectivity index (χ1v) is 7.33. The van der Waals surface area contributed by atoms with Crippen LogP contribution >= 0.6 is 0 Å². The van der Waals surface area contributed by atoms with Gasteiger partial charge in [0.2, 0.25) is 5.91 Å². The van der Waals surface area contributed by atoms with Crippen LogP contribution in [0.15, 0.2) is 24.3 Å². The maximum Gasteiger partial charge on any atom is 0.305 e. The molecule has 1 aromatic rings. The van der Waals surface area contributed by atoms with Crippen molar-refractivity contribution in [1.82, 2.24) is 0 Å². The van der Waals surface area contributed by atoms with E-state index in [1.165, 1.54) is 12.1 Å². The number of hydrogen-bond donors (Lipinski definition) is 1. The molecule has 0 fully saturated rings. The van der Waals surface area contributed by atoms with Crippen molar-refractivity contribution in [3.8, 4) is 0 Å². The molecule has 21 heavy (non-hydrogen) atoms. The quantitative estimate of drug-likeness (QED) is 0.558. The smallest absolute Gasteiger partial charge is 0.305 e. The number of ether oxygens (including phenoxy) is 1. The van der Waals surface area contributed by atoms with Gasteiger partial charge in [0.25, 0.3) is 0 Å². The average Bonchev–Trinajstić information content (AvgIpc) is 2.43. The van der Waals surface area contributed by atoms with Crippen LogP contribution < -0.4 is 5.32 Å². The molecule has 0 aliphatic carbocycles. The first-order valence-electron chi connectivity index (χ1n) is 7.33. The minimum atomic E-state index is -0.369. The van der Waals surface area contributed by atoms with E-state index in [-0.39, 0.29) is 17.7 Å². The molecule has 1 N–H and O–H groups in total. The van der Waals surface area contributed by atoms with Crippen LogP contribution in [0.5, 0.6) is 0 Å². The Hall–Kier alpha value is -1.91. The van der Waals surface area contributed by atoms with Crippen molar-refractivity contribution in [3.63, 3.8) is 0 Å². The van der Waals surface area contributed by atoms with Crippen molar-refractivity contribution < 1.29 is 18.7 Å². The van der Waals surface area contributed by atoms with Crippen LogP contribution in [0.1, 0.15) is 45.4 Å². The lowest BCUT2D eigenvalue weighted by atomic mass is 10.1. The zero-order valence-electron chi connectivity index (χ0n) is 12.4. The normalized spacial score (nSPS) is 10.2. The zero-order chi connectivity index (χ0) is 15.5. The lowest BCUT2D eigenvalue weighted by molar-refractivity contribution is -0.143. The van der Waals surface area contributed by atoms with E-state index in [2.05, 4.69) is 5.32 Å². The Kier molecular flexibility index (Phi) is 8.09. The van der Waals surface area contributed by atoms with Crippen LogP contribution in [0.4, 0.5) is 10.1 Å². The number of benzene rings is 1. The van der Waals surface area contributed by atoms with Gasteiger partial charge in [0.15, 0.2) is 0 Å². The molecule has 4 nitrogen and oxygen atoms in total. The molecule has 0 unspecified atom stereocenters. The molecule has 0 aliphatic heterocycles. The van der Waals surface area contributed by atoms with Crippen LogP contribution in [-0.2, 0) is 14.3 Å². The number of unbranched alkanes of at least 4 members (excludes halogenated alkanes) is 3. The minimum absolute atomic E-state index is 0.119. The van der Waals surface area contributed by atoms with E-state index in [0.717, 1.165) is 25.7 Å². The highest BCUT2D eigenvalue weighted by Gasteiger charge is 2.04. The number of esters is 1. The summed E-state index contributed by atoms with van der Waals surface area (Å²) < 4.78 is 17.8. The first-order chi connectivity index (χ1) is 10.1. The monoisotopic (exact) mass is 295 g/mol. The number of halogens is 1. The Balaban J connectivity index is 2.07. The van der Waals surface area contributed by atoms with E-state index < -0.39 is 0 Å². The Morgan fingerprint density at radius 1 is 1.14 bits per heavy atom. The molecule has 5 heteroatoms. The molecule has 1 amide bonds. The summed E-state index contributed by atoms with van der Waals surface area (Å²) in [7, 11) is 0. The zero-order valence-corrected chi connectivity index (χ0v) is 12.4. The SMILES string of the molecule is CCOC(=O)CCCCCCC(=O)Nc1cccc(F)c1. The maximum absolute atomic E-state index is 12.9. The van der Waals surface area contributed by atoms with Gasteiger partial charge in [-0.05, 0) is 38.0 Å². The van der Waals surface area contributed by atoms with Gasteiger partial charge in [0, 0.05) is 18.5 Å². The lowest BCUT2D eigenvalue weighted by Gasteiger charge is -2.05. The van der Waals surface area contributed by atoms with Gasteiger partial charge < -0.3 is 10.1 Å². The molecule has 0 saturated heterocycles. The van der Waals surface area contributed by atoms with Crippen LogP contribution in [0.3, 0.4) is 0 Å². The van der Waals surface area contributed by atoms with Crippen LogP contribution in [-0.4, -0.2) is 18.5 Å². The van der Waals surface area contributed by atoms with Gasteiger partial charge >= 0.3 is 5.97 Å². The Labute approximate surface area is 124 Å². The van der Waals surface area contributed by atoms with Gasteiger partial charge in [0.05, 0.1) is 6.61 Å².